The number of amides is 1. The minimum absolute atomic E-state index is 0.0243. The summed E-state index contributed by atoms with van der Waals surface area (Å²) in [6.07, 6.45) is -0.252. The quantitative estimate of drug-likeness (QED) is 0.519. The Morgan fingerprint density at radius 1 is 1.16 bits per heavy atom. The number of alkyl halides is 3. The van der Waals surface area contributed by atoms with Gasteiger partial charge in [0.1, 0.15) is 5.69 Å². The number of halogens is 3. The molecule has 1 aliphatic carbocycles. The largest absolute Gasteiger partial charge is 0.416 e. The van der Waals surface area contributed by atoms with Gasteiger partial charge < -0.3 is 10.1 Å². The molecule has 1 saturated heterocycles. The van der Waals surface area contributed by atoms with Gasteiger partial charge in [-0.15, -0.1) is 0 Å². The van der Waals surface area contributed by atoms with Crippen LogP contribution in [0.5, 0.6) is 0 Å². The third-order valence-corrected chi connectivity index (χ3v) is 6.77. The number of carbonyl (C=O) groups is 2. The van der Waals surface area contributed by atoms with Crippen molar-refractivity contribution >= 4 is 11.7 Å². The second-order valence-electron chi connectivity index (χ2n) is 10.3. The van der Waals surface area contributed by atoms with E-state index in [4.69, 9.17) is 4.74 Å². The highest BCUT2D eigenvalue weighted by Gasteiger charge is 2.37. The molecule has 3 heterocycles. The highest BCUT2D eigenvalue weighted by molar-refractivity contribution is 6.04. The van der Waals surface area contributed by atoms with Gasteiger partial charge in [0, 0.05) is 31.3 Å². The summed E-state index contributed by atoms with van der Waals surface area (Å²) in [5.74, 6) is 0.0342. The summed E-state index contributed by atoms with van der Waals surface area (Å²) >= 11 is 0. The van der Waals surface area contributed by atoms with Gasteiger partial charge >= 0.3 is 6.18 Å². The average Bonchev–Trinajstić information content (AvgIpc) is 3.50. The number of ether oxygens (including phenoxy) is 1. The lowest BCUT2D eigenvalue weighted by Crippen LogP contribution is -2.31. The summed E-state index contributed by atoms with van der Waals surface area (Å²) in [5.41, 5.74) is 1.08. The molecule has 0 bridgehead atoms. The summed E-state index contributed by atoms with van der Waals surface area (Å²) in [6.45, 7) is 5.11. The summed E-state index contributed by atoms with van der Waals surface area (Å²) in [7, 11) is 0. The lowest BCUT2D eigenvalue weighted by atomic mass is 9.75. The maximum atomic E-state index is 13.2. The highest BCUT2D eigenvalue weighted by Crippen LogP contribution is 2.40. The number of ketones is 1. The van der Waals surface area contributed by atoms with E-state index in [1.165, 1.54) is 18.3 Å². The summed E-state index contributed by atoms with van der Waals surface area (Å²) in [6, 6.07) is 7.92. The minimum Gasteiger partial charge on any atom is -0.376 e. The van der Waals surface area contributed by atoms with E-state index in [0.717, 1.165) is 25.0 Å². The van der Waals surface area contributed by atoms with Gasteiger partial charge in [-0.3, -0.25) is 9.59 Å². The molecule has 7 nitrogen and oxygen atoms in total. The normalized spacial score (nSPS) is 19.1. The number of nitrogens with one attached hydrogen (secondary N) is 1. The van der Waals surface area contributed by atoms with Gasteiger partial charge in [-0.2, -0.15) is 18.3 Å². The molecule has 194 valence electrons. The molecule has 1 aromatic carbocycles. The van der Waals surface area contributed by atoms with E-state index >= 15 is 0 Å². The Balaban J connectivity index is 1.47. The third-order valence-electron chi connectivity index (χ3n) is 6.77. The van der Waals surface area contributed by atoms with Crippen LogP contribution in [0.2, 0.25) is 0 Å². The Morgan fingerprint density at radius 3 is 2.54 bits per heavy atom. The van der Waals surface area contributed by atoms with Crippen molar-refractivity contribution in [3.05, 3.63) is 65.0 Å². The first-order chi connectivity index (χ1) is 17.5. The van der Waals surface area contributed by atoms with Crippen LogP contribution in [-0.4, -0.2) is 45.7 Å². The van der Waals surface area contributed by atoms with Crippen molar-refractivity contribution < 1.29 is 27.5 Å². The molecule has 10 heteroatoms. The molecule has 1 aliphatic heterocycles. The Bertz CT molecular complexity index is 1320. The smallest absolute Gasteiger partial charge is 0.376 e. The van der Waals surface area contributed by atoms with Gasteiger partial charge in [-0.05, 0) is 48.9 Å². The first-order valence-corrected chi connectivity index (χ1v) is 12.2. The monoisotopic (exact) mass is 512 g/mol. The highest BCUT2D eigenvalue weighted by atomic mass is 19.4. The zero-order chi connectivity index (χ0) is 26.4. The van der Waals surface area contributed by atoms with Crippen molar-refractivity contribution in [2.24, 2.45) is 5.41 Å². The number of rotatable bonds is 5. The molecule has 1 amide bonds. The van der Waals surface area contributed by atoms with E-state index in [0.29, 0.717) is 59.9 Å². The maximum absolute atomic E-state index is 13.2. The minimum atomic E-state index is -4.46. The van der Waals surface area contributed by atoms with Crippen molar-refractivity contribution in [3.63, 3.8) is 0 Å². The Kier molecular flexibility index (Phi) is 6.39. The van der Waals surface area contributed by atoms with Crippen LogP contribution in [0.15, 0.2) is 42.6 Å². The van der Waals surface area contributed by atoms with E-state index < -0.39 is 11.7 Å². The van der Waals surface area contributed by atoms with Gasteiger partial charge in [-0.25, -0.2) is 9.67 Å². The van der Waals surface area contributed by atoms with Crippen LogP contribution >= 0.6 is 0 Å². The van der Waals surface area contributed by atoms with E-state index in [1.54, 1.807) is 16.8 Å². The van der Waals surface area contributed by atoms with Gasteiger partial charge in [0.15, 0.2) is 11.6 Å². The zero-order valence-electron chi connectivity index (χ0n) is 20.6. The van der Waals surface area contributed by atoms with Crippen LogP contribution in [0.25, 0.3) is 17.1 Å². The lowest BCUT2D eigenvalue weighted by Gasteiger charge is -2.29. The molecule has 0 radical (unpaired) electrons. The Labute approximate surface area is 212 Å². The number of aromatic nitrogens is 3. The van der Waals surface area contributed by atoms with E-state index in [-0.39, 0.29) is 23.2 Å². The number of hydrogen-bond acceptors (Lipinski definition) is 5. The van der Waals surface area contributed by atoms with Crippen LogP contribution in [0.4, 0.5) is 13.2 Å². The van der Waals surface area contributed by atoms with E-state index in [2.05, 4.69) is 15.4 Å². The number of nitrogens with zero attached hydrogens (tertiary/aromatic N) is 3. The molecular formula is C27H27F3N4O3. The van der Waals surface area contributed by atoms with Crippen molar-refractivity contribution in [3.8, 4) is 17.1 Å². The standard InChI is InChI=1S/C27H27F3N4O3/c1-26(2)12-20-23(21(35)13-26)24(16-5-8-18(9-6-16)27(28,29)30)33-34(20)22-10-7-17(14-31-22)25(36)32-15-19-4-3-11-37-19/h5-10,14,19H,3-4,11-13,15H2,1-2H3,(H,32,36). The third kappa shape index (κ3) is 5.16. The van der Waals surface area contributed by atoms with Crippen LogP contribution < -0.4 is 5.32 Å². The molecule has 3 aromatic rings. The van der Waals surface area contributed by atoms with Crippen molar-refractivity contribution in [2.45, 2.75) is 51.8 Å². The first-order valence-electron chi connectivity index (χ1n) is 12.2. The number of fused-ring (bicyclic) bond motifs is 1. The molecule has 2 aliphatic rings. The second kappa shape index (κ2) is 9.41. The molecule has 37 heavy (non-hydrogen) atoms. The fourth-order valence-electron chi connectivity index (χ4n) is 4.92. The molecule has 1 unspecified atom stereocenters. The molecule has 2 aromatic heterocycles. The molecule has 0 saturated carbocycles. The SMILES string of the molecule is CC1(C)CC(=O)c2c(-c3ccc(C(F)(F)F)cc3)nn(-c3ccc(C(=O)NCC4CCCO4)cn3)c2C1. The first kappa shape index (κ1) is 25.1. The number of hydrogen-bond donors (Lipinski definition) is 1. The molecule has 1 fully saturated rings. The number of Topliss-reactive ketones (excluding diaryl/α,β-unsaturated/α-hetero) is 1. The fourth-order valence-corrected chi connectivity index (χ4v) is 4.92. The lowest BCUT2D eigenvalue weighted by molar-refractivity contribution is -0.137. The predicted octanol–water partition coefficient (Wildman–Crippen LogP) is 5.02. The van der Waals surface area contributed by atoms with Gasteiger partial charge in [0.05, 0.1) is 28.5 Å². The number of carbonyl (C=O) groups excluding carboxylic acids is 2. The predicted molar refractivity (Wildman–Crippen MR) is 130 cm³/mol. The van der Waals surface area contributed by atoms with Gasteiger partial charge in [0.25, 0.3) is 5.91 Å². The van der Waals surface area contributed by atoms with Crippen molar-refractivity contribution in [2.75, 3.05) is 13.2 Å². The molecule has 0 spiro atoms. The zero-order valence-corrected chi connectivity index (χ0v) is 20.6. The van der Waals surface area contributed by atoms with Gasteiger partial charge in [0.2, 0.25) is 0 Å². The topological polar surface area (TPSA) is 86.1 Å². The van der Waals surface area contributed by atoms with Gasteiger partial charge in [-0.1, -0.05) is 26.0 Å². The maximum Gasteiger partial charge on any atom is 0.416 e. The summed E-state index contributed by atoms with van der Waals surface area (Å²) in [4.78, 5) is 30.1. The van der Waals surface area contributed by atoms with Crippen LogP contribution in [0, 0.1) is 5.41 Å². The molecular weight excluding hydrogens is 485 g/mol. The van der Waals surface area contributed by atoms with Crippen molar-refractivity contribution in [1.29, 1.82) is 0 Å². The van der Waals surface area contributed by atoms with Crippen LogP contribution in [-0.2, 0) is 17.3 Å². The van der Waals surface area contributed by atoms with Crippen molar-refractivity contribution in [1.82, 2.24) is 20.1 Å². The summed E-state index contributed by atoms with van der Waals surface area (Å²) in [5, 5.41) is 7.49. The number of benzene rings is 1. The Morgan fingerprint density at radius 2 is 1.92 bits per heavy atom. The van der Waals surface area contributed by atoms with Crippen LogP contribution in [0.3, 0.4) is 0 Å². The fraction of sp³-hybridized carbons (Fsp3) is 0.407. The number of pyridine rings is 1. The summed E-state index contributed by atoms with van der Waals surface area (Å²) < 4.78 is 46.3. The Hall–Kier alpha value is -3.53. The van der Waals surface area contributed by atoms with Crippen LogP contribution in [0.1, 0.15) is 65.1 Å². The molecule has 1 atom stereocenters. The molecule has 1 N–H and O–H groups in total. The second-order valence-corrected chi connectivity index (χ2v) is 10.3. The van der Waals surface area contributed by atoms with E-state index in [9.17, 15) is 22.8 Å². The average molecular weight is 513 g/mol. The molecule has 5 rings (SSSR count). The van der Waals surface area contributed by atoms with E-state index in [1.807, 2.05) is 13.8 Å².